The van der Waals surface area contributed by atoms with E-state index in [4.69, 9.17) is 0 Å². The standard InChI is InChI=1S/C21H17BrF2N2O/c1-13-4-2-3-5-16(13)17-8-7-15(11-18(17)24)25-19-9-6-14(22)10-20(19)26-21(27)12-23/h2-11,25H,12H2,1H3,(H,26,27). The molecule has 0 aliphatic carbocycles. The van der Waals surface area contributed by atoms with Crippen LogP contribution in [0.4, 0.5) is 25.8 Å². The molecule has 138 valence electrons. The summed E-state index contributed by atoms with van der Waals surface area (Å²) >= 11 is 3.31. The van der Waals surface area contributed by atoms with Gasteiger partial charge in [0, 0.05) is 15.7 Å². The third-order valence-electron chi connectivity index (χ3n) is 4.06. The molecule has 0 atom stereocenters. The highest BCUT2D eigenvalue weighted by atomic mass is 79.9. The number of amides is 1. The van der Waals surface area contributed by atoms with Crippen LogP contribution in [-0.2, 0) is 4.79 Å². The molecule has 27 heavy (non-hydrogen) atoms. The molecule has 0 saturated heterocycles. The van der Waals surface area contributed by atoms with Crippen molar-refractivity contribution in [3.8, 4) is 11.1 Å². The molecule has 1 amide bonds. The maximum Gasteiger partial charge on any atom is 0.255 e. The first-order chi connectivity index (χ1) is 13.0. The van der Waals surface area contributed by atoms with Gasteiger partial charge in [0.05, 0.1) is 11.4 Å². The molecule has 2 N–H and O–H groups in total. The third kappa shape index (κ3) is 4.52. The van der Waals surface area contributed by atoms with Crippen LogP contribution in [0.2, 0.25) is 0 Å². The van der Waals surface area contributed by atoms with Crippen LogP contribution in [0.25, 0.3) is 11.1 Å². The Morgan fingerprint density at radius 3 is 2.48 bits per heavy atom. The summed E-state index contributed by atoms with van der Waals surface area (Å²) in [7, 11) is 0. The first kappa shape index (κ1) is 19.0. The second-order valence-corrected chi connectivity index (χ2v) is 6.92. The van der Waals surface area contributed by atoms with Crippen molar-refractivity contribution in [3.05, 3.63) is 76.5 Å². The van der Waals surface area contributed by atoms with E-state index in [1.807, 2.05) is 31.2 Å². The minimum Gasteiger partial charge on any atom is -0.354 e. The lowest BCUT2D eigenvalue weighted by molar-refractivity contribution is -0.117. The lowest BCUT2D eigenvalue weighted by Crippen LogP contribution is -2.14. The van der Waals surface area contributed by atoms with Crippen molar-refractivity contribution in [1.82, 2.24) is 0 Å². The van der Waals surface area contributed by atoms with Gasteiger partial charge in [0.15, 0.2) is 6.67 Å². The number of anilines is 3. The first-order valence-corrected chi connectivity index (χ1v) is 9.05. The molecule has 3 aromatic carbocycles. The van der Waals surface area contributed by atoms with E-state index in [1.54, 1.807) is 30.3 Å². The van der Waals surface area contributed by atoms with Gasteiger partial charge in [0.2, 0.25) is 0 Å². The fourth-order valence-corrected chi connectivity index (χ4v) is 3.12. The van der Waals surface area contributed by atoms with Crippen LogP contribution in [0, 0.1) is 12.7 Å². The zero-order valence-corrected chi connectivity index (χ0v) is 16.1. The van der Waals surface area contributed by atoms with Gasteiger partial charge in [-0.1, -0.05) is 40.2 Å². The van der Waals surface area contributed by atoms with Crippen molar-refractivity contribution >= 4 is 38.9 Å². The molecule has 0 aliphatic heterocycles. The zero-order chi connectivity index (χ0) is 19.4. The van der Waals surface area contributed by atoms with Gasteiger partial charge in [-0.25, -0.2) is 8.78 Å². The Balaban J connectivity index is 1.90. The Bertz CT molecular complexity index is 992. The van der Waals surface area contributed by atoms with Gasteiger partial charge < -0.3 is 10.6 Å². The highest BCUT2D eigenvalue weighted by Crippen LogP contribution is 2.32. The number of rotatable bonds is 5. The number of hydrogen-bond donors (Lipinski definition) is 2. The largest absolute Gasteiger partial charge is 0.354 e. The Hall–Kier alpha value is -2.73. The Morgan fingerprint density at radius 2 is 1.78 bits per heavy atom. The molecule has 3 rings (SSSR count). The summed E-state index contributed by atoms with van der Waals surface area (Å²) in [5, 5.41) is 5.55. The van der Waals surface area contributed by atoms with Gasteiger partial charge in [-0.05, 0) is 54.4 Å². The second-order valence-electron chi connectivity index (χ2n) is 6.01. The van der Waals surface area contributed by atoms with Gasteiger partial charge in [0.25, 0.3) is 5.91 Å². The summed E-state index contributed by atoms with van der Waals surface area (Å²) in [6.07, 6.45) is 0. The number of nitrogens with one attached hydrogen (secondary N) is 2. The van der Waals surface area contributed by atoms with Crippen LogP contribution in [0.5, 0.6) is 0 Å². The molecule has 3 aromatic rings. The number of benzene rings is 3. The number of halogens is 3. The maximum absolute atomic E-state index is 14.7. The predicted octanol–water partition coefficient (Wildman–Crippen LogP) is 6.22. The van der Waals surface area contributed by atoms with Gasteiger partial charge in [-0.15, -0.1) is 0 Å². The summed E-state index contributed by atoms with van der Waals surface area (Å²) in [5.41, 5.74) is 3.78. The van der Waals surface area contributed by atoms with E-state index in [2.05, 4.69) is 26.6 Å². The van der Waals surface area contributed by atoms with Crippen LogP contribution in [-0.4, -0.2) is 12.6 Å². The van der Waals surface area contributed by atoms with E-state index < -0.39 is 12.6 Å². The lowest BCUT2D eigenvalue weighted by atomic mass is 10.00. The number of hydrogen-bond acceptors (Lipinski definition) is 2. The van der Waals surface area contributed by atoms with Gasteiger partial charge in [-0.2, -0.15) is 0 Å². The molecule has 0 aromatic heterocycles. The van der Waals surface area contributed by atoms with E-state index in [-0.39, 0.29) is 5.82 Å². The Kier molecular flexibility index (Phi) is 5.86. The molecular weight excluding hydrogens is 414 g/mol. The Labute approximate surface area is 164 Å². The topological polar surface area (TPSA) is 41.1 Å². The number of carbonyl (C=O) groups excluding carboxylic acids is 1. The molecule has 0 fully saturated rings. The smallest absolute Gasteiger partial charge is 0.255 e. The van der Waals surface area contributed by atoms with Gasteiger partial charge in [-0.3, -0.25) is 4.79 Å². The van der Waals surface area contributed by atoms with Crippen molar-refractivity contribution in [3.63, 3.8) is 0 Å². The number of alkyl halides is 1. The van der Waals surface area contributed by atoms with Crippen LogP contribution in [0.3, 0.4) is 0 Å². The van der Waals surface area contributed by atoms with E-state index in [0.29, 0.717) is 22.6 Å². The van der Waals surface area contributed by atoms with Crippen molar-refractivity contribution < 1.29 is 13.6 Å². The van der Waals surface area contributed by atoms with Crippen molar-refractivity contribution in [2.24, 2.45) is 0 Å². The van der Waals surface area contributed by atoms with Crippen molar-refractivity contribution in [2.45, 2.75) is 6.92 Å². The normalized spacial score (nSPS) is 10.5. The fraction of sp³-hybridized carbons (Fsp3) is 0.0952. The number of aryl methyl sites for hydroxylation is 1. The minimum atomic E-state index is -1.12. The Morgan fingerprint density at radius 1 is 1.00 bits per heavy atom. The quantitative estimate of drug-likeness (QED) is 0.504. The first-order valence-electron chi connectivity index (χ1n) is 8.26. The minimum absolute atomic E-state index is 0.360. The van der Waals surface area contributed by atoms with Crippen LogP contribution in [0.15, 0.2) is 65.1 Å². The zero-order valence-electron chi connectivity index (χ0n) is 14.5. The molecule has 0 spiro atoms. The second kappa shape index (κ2) is 8.31. The lowest BCUT2D eigenvalue weighted by Gasteiger charge is -2.14. The van der Waals surface area contributed by atoms with Gasteiger partial charge >= 0.3 is 0 Å². The molecule has 6 heteroatoms. The monoisotopic (exact) mass is 430 g/mol. The predicted molar refractivity (Wildman–Crippen MR) is 109 cm³/mol. The van der Waals surface area contributed by atoms with E-state index in [9.17, 15) is 13.6 Å². The van der Waals surface area contributed by atoms with Crippen LogP contribution in [0.1, 0.15) is 5.56 Å². The SMILES string of the molecule is Cc1ccccc1-c1ccc(Nc2ccc(Br)cc2NC(=O)CF)cc1F. The van der Waals surface area contributed by atoms with Crippen LogP contribution >= 0.6 is 15.9 Å². The average molecular weight is 431 g/mol. The summed E-state index contributed by atoms with van der Waals surface area (Å²) in [6, 6.07) is 17.6. The summed E-state index contributed by atoms with van der Waals surface area (Å²) in [5.74, 6) is -1.11. The highest BCUT2D eigenvalue weighted by Gasteiger charge is 2.11. The fourth-order valence-electron chi connectivity index (χ4n) is 2.75. The molecule has 0 heterocycles. The number of carbonyl (C=O) groups is 1. The van der Waals surface area contributed by atoms with Crippen LogP contribution < -0.4 is 10.6 Å². The molecule has 0 radical (unpaired) electrons. The molecular formula is C21H17BrF2N2O. The van der Waals surface area contributed by atoms with Gasteiger partial charge in [0.1, 0.15) is 5.82 Å². The van der Waals surface area contributed by atoms with E-state index in [1.165, 1.54) is 6.07 Å². The van der Waals surface area contributed by atoms with Crippen molar-refractivity contribution in [2.75, 3.05) is 17.3 Å². The van der Waals surface area contributed by atoms with E-state index >= 15 is 0 Å². The molecule has 0 aliphatic rings. The average Bonchev–Trinajstić information content (AvgIpc) is 2.65. The third-order valence-corrected chi connectivity index (χ3v) is 4.55. The summed E-state index contributed by atoms with van der Waals surface area (Å²) in [6.45, 7) is 0.814. The molecule has 0 bridgehead atoms. The molecule has 0 unspecified atom stereocenters. The maximum atomic E-state index is 14.7. The highest BCUT2D eigenvalue weighted by molar-refractivity contribution is 9.10. The van der Waals surface area contributed by atoms with E-state index in [0.717, 1.165) is 15.6 Å². The molecule has 3 nitrogen and oxygen atoms in total. The summed E-state index contributed by atoms with van der Waals surface area (Å²) < 4.78 is 27.9. The summed E-state index contributed by atoms with van der Waals surface area (Å²) in [4.78, 5) is 11.4. The van der Waals surface area contributed by atoms with Crippen molar-refractivity contribution in [1.29, 1.82) is 0 Å². The molecule has 0 saturated carbocycles.